The van der Waals surface area contributed by atoms with Gasteiger partial charge in [0.05, 0.1) is 32.3 Å². The first kappa shape index (κ1) is 26.4. The minimum Gasteiger partial charge on any atom is -0.449 e. The number of carbonyl (C=O) groups excluding carboxylic acids is 2. The molecule has 0 radical (unpaired) electrons. The van der Waals surface area contributed by atoms with E-state index in [1.807, 2.05) is 0 Å². The highest BCUT2D eigenvalue weighted by atomic mass is 79.9. The molecular weight excluding hydrogens is 588 g/mol. The Hall–Kier alpha value is -4.63. The number of hydrogen-bond acceptors (Lipinski definition) is 10. The number of halogens is 1. The molecule has 4 rings (SSSR count). The topological polar surface area (TPSA) is 176 Å². The van der Waals surface area contributed by atoms with E-state index in [9.17, 15) is 39.9 Å². The summed E-state index contributed by atoms with van der Waals surface area (Å²) in [6.07, 6.45) is 1.39. The van der Waals surface area contributed by atoms with Crippen LogP contribution in [0.3, 0.4) is 0 Å². The molecule has 192 valence electrons. The Morgan fingerprint density at radius 3 is 2.11 bits per heavy atom. The van der Waals surface area contributed by atoms with E-state index >= 15 is 0 Å². The van der Waals surface area contributed by atoms with Gasteiger partial charge in [0.1, 0.15) is 5.75 Å². The summed E-state index contributed by atoms with van der Waals surface area (Å²) in [5, 5.41) is 32.8. The van der Waals surface area contributed by atoms with E-state index in [2.05, 4.69) is 15.9 Å². The van der Waals surface area contributed by atoms with Gasteiger partial charge in [-0.15, -0.1) is 0 Å². The molecule has 0 spiro atoms. The molecule has 15 heteroatoms. The van der Waals surface area contributed by atoms with Gasteiger partial charge >= 0.3 is 5.69 Å². The Kier molecular flexibility index (Phi) is 7.50. The fourth-order valence-corrected chi connectivity index (χ4v) is 4.58. The number of imide groups is 1. The highest BCUT2D eigenvalue weighted by Gasteiger charge is 2.35. The van der Waals surface area contributed by atoms with Crippen molar-refractivity contribution < 1.29 is 29.1 Å². The van der Waals surface area contributed by atoms with Gasteiger partial charge in [0.2, 0.25) is 5.75 Å². The van der Waals surface area contributed by atoms with Crippen molar-refractivity contribution in [1.29, 1.82) is 0 Å². The number of hydrogen-bond donors (Lipinski definition) is 0. The predicted octanol–water partition coefficient (Wildman–Crippen LogP) is 6.20. The second kappa shape index (κ2) is 10.8. The van der Waals surface area contributed by atoms with Gasteiger partial charge in [0.15, 0.2) is 0 Å². The predicted molar refractivity (Wildman–Crippen MR) is 139 cm³/mol. The van der Waals surface area contributed by atoms with Crippen LogP contribution in [0.5, 0.6) is 11.5 Å². The first-order valence-electron chi connectivity index (χ1n) is 10.4. The third-order valence-corrected chi connectivity index (χ3v) is 6.59. The van der Waals surface area contributed by atoms with Crippen molar-refractivity contribution in [2.45, 2.75) is 6.54 Å². The quantitative estimate of drug-likeness (QED) is 0.164. The third kappa shape index (κ3) is 5.68. The molecule has 0 atom stereocenters. The van der Waals surface area contributed by atoms with E-state index in [4.69, 9.17) is 4.74 Å². The lowest BCUT2D eigenvalue weighted by atomic mass is 10.1. The molecule has 2 amide bonds. The summed E-state index contributed by atoms with van der Waals surface area (Å²) in [4.78, 5) is 57.8. The van der Waals surface area contributed by atoms with Crippen molar-refractivity contribution in [1.82, 2.24) is 4.90 Å². The maximum Gasteiger partial charge on any atom is 0.318 e. The van der Waals surface area contributed by atoms with Gasteiger partial charge in [-0.3, -0.25) is 44.8 Å². The summed E-state index contributed by atoms with van der Waals surface area (Å²) in [5.41, 5.74) is -0.430. The molecule has 1 aliphatic rings. The number of benzene rings is 3. The third-order valence-electron chi connectivity index (χ3n) is 5.19. The highest BCUT2D eigenvalue weighted by Crippen LogP contribution is 2.39. The lowest BCUT2D eigenvalue weighted by molar-refractivity contribution is -0.394. The average Bonchev–Trinajstić information content (AvgIpc) is 3.13. The zero-order valence-electron chi connectivity index (χ0n) is 18.8. The average molecular weight is 601 g/mol. The first-order chi connectivity index (χ1) is 18.0. The Labute approximate surface area is 225 Å². The maximum atomic E-state index is 13.0. The van der Waals surface area contributed by atoms with Crippen molar-refractivity contribution >= 4 is 62.0 Å². The number of rotatable bonds is 8. The van der Waals surface area contributed by atoms with Crippen LogP contribution in [0.25, 0.3) is 6.08 Å². The van der Waals surface area contributed by atoms with Crippen LogP contribution < -0.4 is 4.74 Å². The smallest absolute Gasteiger partial charge is 0.318 e. The normalized spacial score (nSPS) is 14.1. The van der Waals surface area contributed by atoms with E-state index in [1.165, 1.54) is 36.4 Å². The molecule has 1 aliphatic heterocycles. The summed E-state index contributed by atoms with van der Waals surface area (Å²) in [7, 11) is 0. The number of carbonyl (C=O) groups is 2. The van der Waals surface area contributed by atoms with E-state index < -0.39 is 37.3 Å². The monoisotopic (exact) mass is 600 g/mol. The SMILES string of the molecule is O=C1S/C(=C\c2cc(Br)ccc2Oc2ccc([N+](=O)[O-])cc2[N+](=O)[O-])C(=O)N1Cc1ccc([N+](=O)[O-])cc1. The van der Waals surface area contributed by atoms with Crippen LogP contribution in [0.1, 0.15) is 11.1 Å². The summed E-state index contributed by atoms with van der Waals surface area (Å²) >= 11 is 3.98. The highest BCUT2D eigenvalue weighted by molar-refractivity contribution is 9.10. The lowest BCUT2D eigenvalue weighted by Crippen LogP contribution is -2.27. The zero-order chi connectivity index (χ0) is 27.6. The Morgan fingerprint density at radius 2 is 1.47 bits per heavy atom. The minimum absolute atomic E-state index is 0.0538. The van der Waals surface area contributed by atoms with Gasteiger partial charge in [-0.2, -0.15) is 0 Å². The van der Waals surface area contributed by atoms with Gasteiger partial charge in [0.25, 0.3) is 22.5 Å². The Morgan fingerprint density at radius 1 is 0.842 bits per heavy atom. The molecule has 3 aromatic carbocycles. The largest absolute Gasteiger partial charge is 0.449 e. The number of thioether (sulfide) groups is 1. The molecule has 0 N–H and O–H groups in total. The second-order valence-electron chi connectivity index (χ2n) is 7.64. The number of ether oxygens (including phenoxy) is 1. The summed E-state index contributed by atoms with van der Waals surface area (Å²) in [6.45, 7) is -0.100. The van der Waals surface area contributed by atoms with Crippen LogP contribution in [-0.2, 0) is 11.3 Å². The van der Waals surface area contributed by atoms with E-state index in [0.717, 1.165) is 23.1 Å². The van der Waals surface area contributed by atoms with Crippen LogP contribution in [0.2, 0.25) is 0 Å². The van der Waals surface area contributed by atoms with Crippen LogP contribution in [0.15, 0.2) is 70.0 Å². The fraction of sp³-hybridized carbons (Fsp3) is 0.0435. The van der Waals surface area contributed by atoms with E-state index in [1.54, 1.807) is 12.1 Å². The molecule has 1 saturated heterocycles. The molecule has 1 heterocycles. The minimum atomic E-state index is -0.815. The number of amides is 2. The number of nitro groups is 3. The first-order valence-corrected chi connectivity index (χ1v) is 12.0. The molecule has 38 heavy (non-hydrogen) atoms. The molecule has 0 bridgehead atoms. The van der Waals surface area contributed by atoms with Crippen molar-refractivity contribution in [2.24, 2.45) is 0 Å². The van der Waals surface area contributed by atoms with Crippen molar-refractivity contribution in [3.05, 3.63) is 112 Å². The molecule has 0 aromatic heterocycles. The molecule has 0 aliphatic carbocycles. The van der Waals surface area contributed by atoms with E-state index in [-0.39, 0.29) is 28.6 Å². The van der Waals surface area contributed by atoms with Gasteiger partial charge < -0.3 is 4.74 Å². The van der Waals surface area contributed by atoms with Crippen LogP contribution in [0, 0.1) is 30.3 Å². The van der Waals surface area contributed by atoms with Gasteiger partial charge in [0, 0.05) is 28.2 Å². The summed E-state index contributed by atoms with van der Waals surface area (Å²) in [6, 6.07) is 13.0. The van der Waals surface area contributed by atoms with Gasteiger partial charge in [-0.1, -0.05) is 28.1 Å². The second-order valence-corrected chi connectivity index (χ2v) is 9.55. The van der Waals surface area contributed by atoms with Crippen LogP contribution >= 0.6 is 27.7 Å². The molecule has 3 aromatic rings. The van der Waals surface area contributed by atoms with Gasteiger partial charge in [-0.05, 0) is 47.7 Å². The number of nitro benzene ring substituents is 3. The van der Waals surface area contributed by atoms with Gasteiger partial charge in [-0.25, -0.2) is 0 Å². The van der Waals surface area contributed by atoms with Crippen molar-refractivity contribution in [3.8, 4) is 11.5 Å². The van der Waals surface area contributed by atoms with E-state index in [0.29, 0.717) is 27.4 Å². The number of non-ortho nitro benzene ring substituents is 2. The van der Waals surface area contributed by atoms with Crippen molar-refractivity contribution in [3.63, 3.8) is 0 Å². The van der Waals surface area contributed by atoms with Crippen LogP contribution in [-0.4, -0.2) is 30.8 Å². The Balaban J connectivity index is 1.62. The summed E-state index contributed by atoms with van der Waals surface area (Å²) in [5.74, 6) is -0.776. The molecule has 13 nitrogen and oxygen atoms in total. The lowest BCUT2D eigenvalue weighted by Gasteiger charge is -2.12. The Bertz CT molecular complexity index is 1540. The fourth-order valence-electron chi connectivity index (χ4n) is 3.38. The standard InChI is InChI=1S/C23H13BrN4O9S/c24-15-3-7-19(37-20-8-6-17(27(33)34)11-18(20)28(35)36)14(9-15)10-21-22(29)25(23(30)38-21)12-13-1-4-16(5-2-13)26(31)32/h1-11H,12H2/b21-10-. The molecular formula is C23H13BrN4O9S. The number of nitrogens with zero attached hydrogens (tertiary/aromatic N) is 4. The summed E-state index contributed by atoms with van der Waals surface area (Å²) < 4.78 is 6.30. The molecule has 0 unspecified atom stereocenters. The van der Waals surface area contributed by atoms with Crippen molar-refractivity contribution in [2.75, 3.05) is 0 Å². The zero-order valence-corrected chi connectivity index (χ0v) is 21.2. The molecule has 1 fully saturated rings. The van der Waals surface area contributed by atoms with Crippen LogP contribution in [0.4, 0.5) is 21.9 Å². The maximum absolute atomic E-state index is 13.0. The molecule has 0 saturated carbocycles.